The van der Waals surface area contributed by atoms with E-state index in [-0.39, 0.29) is 0 Å². The summed E-state index contributed by atoms with van der Waals surface area (Å²) in [6.07, 6.45) is 2.91. The first-order valence-electron chi connectivity index (χ1n) is 6.19. The van der Waals surface area contributed by atoms with Gasteiger partial charge in [-0.3, -0.25) is 4.98 Å². The maximum atomic E-state index is 10.6. The van der Waals surface area contributed by atoms with Crippen LogP contribution in [0.4, 0.5) is 0 Å². The Kier molecular flexibility index (Phi) is 4.50. The minimum atomic E-state index is -0.946. The Balaban J connectivity index is 2.00. The summed E-state index contributed by atoms with van der Waals surface area (Å²) in [4.78, 5) is 14.8. The van der Waals surface area contributed by atoms with E-state index in [9.17, 15) is 4.79 Å². The third-order valence-corrected chi connectivity index (χ3v) is 2.76. The summed E-state index contributed by atoms with van der Waals surface area (Å²) in [6, 6.07) is 13.0. The minimum absolute atomic E-state index is 0.407. The highest BCUT2D eigenvalue weighted by Gasteiger charge is 2.00. The summed E-state index contributed by atoms with van der Waals surface area (Å²) < 4.78 is 5.61. The van der Waals surface area contributed by atoms with E-state index in [4.69, 9.17) is 9.84 Å². The van der Waals surface area contributed by atoms with Gasteiger partial charge in [0.25, 0.3) is 0 Å². The lowest BCUT2D eigenvalue weighted by atomic mass is 10.1. The van der Waals surface area contributed by atoms with Gasteiger partial charge in [-0.05, 0) is 42.3 Å². The average molecular weight is 269 g/mol. The highest BCUT2D eigenvalue weighted by molar-refractivity contribution is 5.89. The lowest BCUT2D eigenvalue weighted by Crippen LogP contribution is -1.97. The fourth-order valence-corrected chi connectivity index (χ4v) is 1.72. The highest BCUT2D eigenvalue weighted by Crippen LogP contribution is 2.19. The van der Waals surface area contributed by atoms with E-state index in [1.807, 2.05) is 42.5 Å². The van der Waals surface area contributed by atoms with E-state index < -0.39 is 5.97 Å². The molecule has 0 saturated carbocycles. The molecular weight excluding hydrogens is 254 g/mol. The molecule has 2 aromatic rings. The van der Waals surface area contributed by atoms with Crippen LogP contribution >= 0.6 is 0 Å². The lowest BCUT2D eigenvalue weighted by Gasteiger charge is -2.07. The van der Waals surface area contributed by atoms with Crippen molar-refractivity contribution in [3.8, 4) is 5.75 Å². The summed E-state index contributed by atoms with van der Waals surface area (Å²) in [5, 5.41) is 8.70. The predicted molar refractivity (Wildman–Crippen MR) is 76.3 cm³/mol. The van der Waals surface area contributed by atoms with Gasteiger partial charge >= 0.3 is 5.97 Å². The molecule has 102 valence electrons. The van der Waals surface area contributed by atoms with Gasteiger partial charge in [0.1, 0.15) is 12.4 Å². The molecule has 0 spiro atoms. The fraction of sp³-hybridized carbons (Fsp3) is 0.125. The number of aliphatic carboxylic acids is 1. The number of pyridine rings is 1. The molecule has 2 rings (SSSR count). The number of hydrogen-bond donors (Lipinski definition) is 1. The smallest absolute Gasteiger partial charge is 0.328 e. The van der Waals surface area contributed by atoms with Crippen LogP contribution in [-0.4, -0.2) is 16.1 Å². The number of rotatable bonds is 5. The maximum Gasteiger partial charge on any atom is 0.328 e. The van der Waals surface area contributed by atoms with Crippen LogP contribution in [0.1, 0.15) is 18.2 Å². The number of benzene rings is 1. The molecule has 0 amide bonds. The molecule has 0 aliphatic heterocycles. The summed E-state index contributed by atoms with van der Waals surface area (Å²) in [5.41, 5.74) is 2.42. The molecule has 0 aliphatic carbocycles. The topological polar surface area (TPSA) is 59.4 Å². The zero-order valence-electron chi connectivity index (χ0n) is 11.1. The first-order chi connectivity index (χ1) is 9.65. The number of hydrogen-bond acceptors (Lipinski definition) is 3. The maximum absolute atomic E-state index is 10.6. The summed E-state index contributed by atoms with van der Waals surface area (Å²) >= 11 is 0. The number of allylic oxidation sites excluding steroid dienone is 1. The quantitative estimate of drug-likeness (QED) is 0.847. The number of nitrogens with zero attached hydrogens (tertiary/aromatic N) is 1. The number of aromatic nitrogens is 1. The van der Waals surface area contributed by atoms with E-state index in [0.717, 1.165) is 17.0 Å². The Morgan fingerprint density at radius 2 is 2.00 bits per heavy atom. The second kappa shape index (κ2) is 6.52. The Morgan fingerprint density at radius 1 is 1.25 bits per heavy atom. The van der Waals surface area contributed by atoms with Gasteiger partial charge in [0.2, 0.25) is 0 Å². The van der Waals surface area contributed by atoms with Crippen molar-refractivity contribution < 1.29 is 14.6 Å². The van der Waals surface area contributed by atoms with Crippen molar-refractivity contribution in [2.24, 2.45) is 0 Å². The van der Waals surface area contributed by atoms with Gasteiger partial charge < -0.3 is 9.84 Å². The van der Waals surface area contributed by atoms with Gasteiger partial charge in [0, 0.05) is 12.3 Å². The van der Waals surface area contributed by atoms with Gasteiger partial charge in [0.15, 0.2) is 0 Å². The van der Waals surface area contributed by atoms with Crippen LogP contribution in [0.2, 0.25) is 0 Å². The lowest BCUT2D eigenvalue weighted by molar-refractivity contribution is -0.131. The summed E-state index contributed by atoms with van der Waals surface area (Å²) in [7, 11) is 0. The minimum Gasteiger partial charge on any atom is -0.487 e. The molecule has 0 aliphatic rings. The molecule has 4 nitrogen and oxygen atoms in total. The Bertz CT molecular complexity index is 603. The second-order valence-corrected chi connectivity index (χ2v) is 4.30. The largest absolute Gasteiger partial charge is 0.487 e. The number of carboxylic acid groups (broad SMARTS) is 1. The Labute approximate surface area is 117 Å². The molecule has 20 heavy (non-hydrogen) atoms. The molecule has 4 heteroatoms. The van der Waals surface area contributed by atoms with Crippen LogP contribution in [-0.2, 0) is 11.4 Å². The van der Waals surface area contributed by atoms with Crippen LogP contribution in [0.25, 0.3) is 5.57 Å². The molecule has 0 saturated heterocycles. The van der Waals surface area contributed by atoms with Crippen molar-refractivity contribution in [2.45, 2.75) is 13.5 Å². The van der Waals surface area contributed by atoms with Gasteiger partial charge in [-0.1, -0.05) is 18.2 Å². The SMILES string of the molecule is CC(=CC(=O)O)c1ccc(OCc2ccccn2)cc1. The van der Waals surface area contributed by atoms with Crippen molar-refractivity contribution in [1.29, 1.82) is 0 Å². The first kappa shape index (κ1) is 13.8. The predicted octanol–water partition coefficient (Wildman–Crippen LogP) is 3.15. The van der Waals surface area contributed by atoms with E-state index in [1.54, 1.807) is 13.1 Å². The van der Waals surface area contributed by atoms with Crippen molar-refractivity contribution in [2.75, 3.05) is 0 Å². The summed E-state index contributed by atoms with van der Waals surface area (Å²) in [6.45, 7) is 2.17. The van der Waals surface area contributed by atoms with E-state index >= 15 is 0 Å². The van der Waals surface area contributed by atoms with E-state index in [2.05, 4.69) is 4.98 Å². The number of carbonyl (C=O) groups is 1. The summed E-state index contributed by atoms with van der Waals surface area (Å²) in [5.74, 6) is -0.222. The molecule has 0 bridgehead atoms. The second-order valence-electron chi connectivity index (χ2n) is 4.30. The zero-order chi connectivity index (χ0) is 14.4. The van der Waals surface area contributed by atoms with Crippen molar-refractivity contribution in [3.63, 3.8) is 0 Å². The van der Waals surface area contributed by atoms with Gasteiger partial charge in [-0.15, -0.1) is 0 Å². The van der Waals surface area contributed by atoms with Crippen molar-refractivity contribution in [1.82, 2.24) is 4.98 Å². The van der Waals surface area contributed by atoms with Crippen molar-refractivity contribution >= 4 is 11.5 Å². The third kappa shape index (κ3) is 3.95. The van der Waals surface area contributed by atoms with Crippen LogP contribution in [0.5, 0.6) is 5.75 Å². The first-order valence-corrected chi connectivity index (χ1v) is 6.19. The monoisotopic (exact) mass is 269 g/mol. The molecule has 1 aromatic carbocycles. The van der Waals surface area contributed by atoms with Gasteiger partial charge in [-0.2, -0.15) is 0 Å². The van der Waals surface area contributed by atoms with Gasteiger partial charge in [0.05, 0.1) is 5.69 Å². The molecular formula is C16H15NO3. The number of carboxylic acids is 1. The van der Waals surface area contributed by atoms with Crippen LogP contribution in [0, 0.1) is 0 Å². The third-order valence-electron chi connectivity index (χ3n) is 2.76. The van der Waals surface area contributed by atoms with Crippen molar-refractivity contribution in [3.05, 3.63) is 66.0 Å². The molecule has 1 heterocycles. The number of ether oxygens (including phenoxy) is 1. The van der Waals surface area contributed by atoms with Crippen LogP contribution in [0.3, 0.4) is 0 Å². The van der Waals surface area contributed by atoms with Gasteiger partial charge in [-0.25, -0.2) is 4.79 Å². The highest BCUT2D eigenvalue weighted by atomic mass is 16.5. The zero-order valence-corrected chi connectivity index (χ0v) is 11.1. The standard InChI is InChI=1S/C16H15NO3/c1-12(10-16(18)19)13-5-7-15(8-6-13)20-11-14-4-2-3-9-17-14/h2-10H,11H2,1H3,(H,18,19). The van der Waals surface area contributed by atoms with E-state index in [0.29, 0.717) is 12.2 Å². The molecule has 0 unspecified atom stereocenters. The normalized spacial score (nSPS) is 11.2. The van der Waals surface area contributed by atoms with Crippen LogP contribution in [0.15, 0.2) is 54.7 Å². The van der Waals surface area contributed by atoms with E-state index in [1.165, 1.54) is 6.08 Å². The molecule has 1 aromatic heterocycles. The molecule has 0 radical (unpaired) electrons. The fourth-order valence-electron chi connectivity index (χ4n) is 1.72. The Hall–Kier alpha value is -2.62. The molecule has 1 N–H and O–H groups in total. The molecule has 0 fully saturated rings. The average Bonchev–Trinajstić information content (AvgIpc) is 2.46. The Morgan fingerprint density at radius 3 is 2.60 bits per heavy atom. The molecule has 0 atom stereocenters. The van der Waals surface area contributed by atoms with Crippen LogP contribution < -0.4 is 4.74 Å².